The van der Waals surface area contributed by atoms with Gasteiger partial charge in [0.05, 0.1) is 12.6 Å². The molecule has 0 radical (unpaired) electrons. The first-order valence-corrected chi connectivity index (χ1v) is 7.27. The van der Waals surface area contributed by atoms with E-state index in [0.717, 1.165) is 25.3 Å². The molecule has 4 nitrogen and oxygen atoms in total. The van der Waals surface area contributed by atoms with Gasteiger partial charge in [0, 0.05) is 17.8 Å². The van der Waals surface area contributed by atoms with Crippen molar-refractivity contribution < 1.29 is 18.3 Å². The lowest BCUT2D eigenvalue weighted by atomic mass is 9.79. The predicted octanol–water partition coefficient (Wildman–Crippen LogP) is 2.75. The van der Waals surface area contributed by atoms with Gasteiger partial charge in [-0.3, -0.25) is 4.68 Å². The summed E-state index contributed by atoms with van der Waals surface area (Å²) in [6.45, 7) is 3.97. The third kappa shape index (κ3) is 3.77. The Hall–Kier alpha value is -1.08. The summed E-state index contributed by atoms with van der Waals surface area (Å²) in [5.74, 6) is 0. The van der Waals surface area contributed by atoms with Gasteiger partial charge in [-0.1, -0.05) is 13.8 Å². The first-order valence-electron chi connectivity index (χ1n) is 7.27. The number of nitrogens with zero attached hydrogens (tertiary/aromatic N) is 2. The summed E-state index contributed by atoms with van der Waals surface area (Å²) in [6.07, 6.45) is 0.0133. The van der Waals surface area contributed by atoms with Crippen molar-refractivity contribution >= 4 is 0 Å². The minimum Gasteiger partial charge on any atom is -0.394 e. The van der Waals surface area contributed by atoms with E-state index in [1.165, 1.54) is 10.9 Å². The van der Waals surface area contributed by atoms with Crippen molar-refractivity contribution in [1.82, 2.24) is 15.1 Å². The summed E-state index contributed by atoms with van der Waals surface area (Å²) in [5, 5.41) is 16.8. The van der Waals surface area contributed by atoms with Crippen molar-refractivity contribution in [3.63, 3.8) is 0 Å². The summed E-state index contributed by atoms with van der Waals surface area (Å²) in [4.78, 5) is 0. The van der Waals surface area contributed by atoms with Gasteiger partial charge in [-0.25, -0.2) is 0 Å². The standard InChI is InChI=1S/C14H22F3N3O/c1-10(2)18-13(9-21)6-3-4-11(8-13)20-7-5-12(19-20)14(15,16)17/h5,7,10-11,18,21H,3-4,6,8-9H2,1-2H3. The number of halogens is 3. The van der Waals surface area contributed by atoms with Crippen LogP contribution in [0.25, 0.3) is 0 Å². The lowest BCUT2D eigenvalue weighted by molar-refractivity contribution is -0.141. The average molecular weight is 305 g/mol. The van der Waals surface area contributed by atoms with Crippen molar-refractivity contribution in [3.8, 4) is 0 Å². The Bertz CT molecular complexity index is 472. The Balaban J connectivity index is 2.15. The third-order valence-electron chi connectivity index (χ3n) is 3.99. The number of nitrogens with one attached hydrogen (secondary N) is 1. The number of hydrogen-bond acceptors (Lipinski definition) is 3. The quantitative estimate of drug-likeness (QED) is 0.899. The highest BCUT2D eigenvalue weighted by atomic mass is 19.4. The van der Waals surface area contributed by atoms with Crippen LogP contribution in [0.3, 0.4) is 0 Å². The fourth-order valence-electron chi connectivity index (χ4n) is 3.18. The normalized spacial score (nSPS) is 27.3. The van der Waals surface area contributed by atoms with E-state index < -0.39 is 17.4 Å². The van der Waals surface area contributed by atoms with E-state index in [1.807, 2.05) is 13.8 Å². The largest absolute Gasteiger partial charge is 0.435 e. The molecule has 0 bridgehead atoms. The lowest BCUT2D eigenvalue weighted by Crippen LogP contribution is -2.54. The Morgan fingerprint density at radius 3 is 2.76 bits per heavy atom. The minimum absolute atomic E-state index is 0.0188. The molecule has 120 valence electrons. The first kappa shape index (κ1) is 16.3. The summed E-state index contributed by atoms with van der Waals surface area (Å²) in [6, 6.07) is 1.10. The molecule has 0 amide bonds. The van der Waals surface area contributed by atoms with E-state index in [0.29, 0.717) is 6.42 Å². The van der Waals surface area contributed by atoms with Gasteiger partial charge in [-0.15, -0.1) is 0 Å². The molecule has 0 spiro atoms. The molecule has 1 aliphatic carbocycles. The van der Waals surface area contributed by atoms with E-state index in [4.69, 9.17) is 0 Å². The predicted molar refractivity (Wildman–Crippen MR) is 72.8 cm³/mol. The number of aliphatic hydroxyl groups excluding tert-OH is 1. The van der Waals surface area contributed by atoms with Crippen LogP contribution < -0.4 is 5.32 Å². The zero-order chi connectivity index (χ0) is 15.7. The van der Waals surface area contributed by atoms with Crippen LogP contribution in [0.1, 0.15) is 51.3 Å². The van der Waals surface area contributed by atoms with Crippen LogP contribution in [0.15, 0.2) is 12.3 Å². The monoisotopic (exact) mass is 305 g/mol. The second kappa shape index (κ2) is 5.96. The van der Waals surface area contributed by atoms with Crippen molar-refractivity contribution in [3.05, 3.63) is 18.0 Å². The molecular weight excluding hydrogens is 283 g/mol. The van der Waals surface area contributed by atoms with Gasteiger partial charge >= 0.3 is 6.18 Å². The van der Waals surface area contributed by atoms with E-state index >= 15 is 0 Å². The van der Waals surface area contributed by atoms with E-state index in [-0.39, 0.29) is 18.7 Å². The SMILES string of the molecule is CC(C)NC1(CO)CCCC(n2ccc(C(F)(F)F)n2)C1. The summed E-state index contributed by atoms with van der Waals surface area (Å²) >= 11 is 0. The van der Waals surface area contributed by atoms with E-state index in [2.05, 4.69) is 10.4 Å². The molecule has 1 aromatic rings. The second-order valence-corrected chi connectivity index (χ2v) is 6.17. The van der Waals surface area contributed by atoms with Crippen LogP contribution in [0.2, 0.25) is 0 Å². The molecule has 1 saturated carbocycles. The molecule has 2 N–H and O–H groups in total. The fourth-order valence-corrected chi connectivity index (χ4v) is 3.18. The Labute approximate surface area is 122 Å². The smallest absolute Gasteiger partial charge is 0.394 e. The van der Waals surface area contributed by atoms with Crippen LogP contribution in [0.4, 0.5) is 13.2 Å². The molecule has 21 heavy (non-hydrogen) atoms. The molecule has 7 heteroatoms. The highest BCUT2D eigenvalue weighted by molar-refractivity contribution is 5.05. The number of rotatable bonds is 4. The van der Waals surface area contributed by atoms with Crippen molar-refractivity contribution in [1.29, 1.82) is 0 Å². The van der Waals surface area contributed by atoms with Crippen LogP contribution in [0.5, 0.6) is 0 Å². The van der Waals surface area contributed by atoms with E-state index in [9.17, 15) is 18.3 Å². The molecule has 1 fully saturated rings. The molecule has 1 aliphatic rings. The number of hydrogen-bond donors (Lipinski definition) is 2. The number of alkyl halides is 3. The summed E-state index contributed by atoms with van der Waals surface area (Å²) in [5.41, 5.74) is -1.29. The number of aliphatic hydroxyl groups is 1. The maximum Gasteiger partial charge on any atom is 0.435 e. The van der Waals surface area contributed by atoms with Gasteiger partial charge in [-0.05, 0) is 31.7 Å². The molecule has 1 heterocycles. The third-order valence-corrected chi connectivity index (χ3v) is 3.99. The first-order chi connectivity index (χ1) is 9.76. The van der Waals surface area contributed by atoms with Gasteiger partial charge in [0.15, 0.2) is 5.69 Å². The lowest BCUT2D eigenvalue weighted by Gasteiger charge is -2.41. The Morgan fingerprint density at radius 1 is 1.52 bits per heavy atom. The second-order valence-electron chi connectivity index (χ2n) is 6.17. The highest BCUT2D eigenvalue weighted by Gasteiger charge is 2.38. The highest BCUT2D eigenvalue weighted by Crippen LogP contribution is 2.36. The molecule has 2 unspecified atom stereocenters. The van der Waals surface area contributed by atoms with Crippen LogP contribution in [-0.4, -0.2) is 33.1 Å². The zero-order valence-electron chi connectivity index (χ0n) is 12.3. The summed E-state index contributed by atoms with van der Waals surface area (Å²) < 4.78 is 39.3. The molecule has 2 rings (SSSR count). The molecule has 1 aromatic heterocycles. The van der Waals surface area contributed by atoms with Crippen LogP contribution in [0, 0.1) is 0 Å². The minimum atomic E-state index is -4.41. The van der Waals surface area contributed by atoms with Crippen LogP contribution in [-0.2, 0) is 6.18 Å². The maximum absolute atomic E-state index is 12.6. The van der Waals surface area contributed by atoms with Crippen molar-refractivity contribution in [2.45, 2.75) is 63.3 Å². The molecule has 0 aliphatic heterocycles. The Kier molecular flexibility index (Phi) is 4.63. The van der Waals surface area contributed by atoms with Gasteiger partial charge in [0.1, 0.15) is 0 Å². The average Bonchev–Trinajstić information content (AvgIpc) is 2.87. The fraction of sp³-hybridized carbons (Fsp3) is 0.786. The molecule has 2 atom stereocenters. The Morgan fingerprint density at radius 2 is 2.24 bits per heavy atom. The topological polar surface area (TPSA) is 50.1 Å². The zero-order valence-corrected chi connectivity index (χ0v) is 12.3. The van der Waals surface area contributed by atoms with Gasteiger partial charge in [0.25, 0.3) is 0 Å². The van der Waals surface area contributed by atoms with Crippen LogP contribution >= 0.6 is 0 Å². The van der Waals surface area contributed by atoms with Gasteiger partial charge < -0.3 is 10.4 Å². The van der Waals surface area contributed by atoms with Crippen molar-refractivity contribution in [2.75, 3.05) is 6.61 Å². The maximum atomic E-state index is 12.6. The van der Waals surface area contributed by atoms with E-state index in [1.54, 1.807) is 0 Å². The van der Waals surface area contributed by atoms with Gasteiger partial charge in [0.2, 0.25) is 0 Å². The molecular formula is C14H22F3N3O. The van der Waals surface area contributed by atoms with Gasteiger partial charge in [-0.2, -0.15) is 18.3 Å². The number of aromatic nitrogens is 2. The molecule has 0 aromatic carbocycles. The van der Waals surface area contributed by atoms with Crippen molar-refractivity contribution in [2.24, 2.45) is 0 Å². The summed E-state index contributed by atoms with van der Waals surface area (Å²) in [7, 11) is 0. The molecule has 0 saturated heterocycles.